The molecule has 100 valence electrons. The van der Waals surface area contributed by atoms with E-state index in [-0.39, 0.29) is 11.2 Å². The Labute approximate surface area is 112 Å². The van der Waals surface area contributed by atoms with Crippen LogP contribution in [0.2, 0.25) is 0 Å². The van der Waals surface area contributed by atoms with Crippen molar-refractivity contribution >= 4 is 5.78 Å². The van der Waals surface area contributed by atoms with Gasteiger partial charge in [0, 0.05) is 26.2 Å². The van der Waals surface area contributed by atoms with Crippen LogP contribution >= 0.6 is 0 Å². The Morgan fingerprint density at radius 1 is 1.05 bits per heavy atom. The molecule has 2 atom stereocenters. The van der Waals surface area contributed by atoms with Gasteiger partial charge in [0.15, 0.2) is 5.78 Å². The van der Waals surface area contributed by atoms with E-state index in [4.69, 9.17) is 0 Å². The van der Waals surface area contributed by atoms with Gasteiger partial charge in [0.1, 0.15) is 5.82 Å². The zero-order chi connectivity index (χ0) is 13.3. The van der Waals surface area contributed by atoms with E-state index in [1.807, 2.05) is 0 Å². The molecule has 0 saturated carbocycles. The quantitative estimate of drug-likeness (QED) is 0.759. The third-order valence-corrected chi connectivity index (χ3v) is 4.91. The van der Waals surface area contributed by atoms with Gasteiger partial charge in [0.2, 0.25) is 0 Å². The lowest BCUT2D eigenvalue weighted by molar-refractivity contribution is -0.168. The number of benzene rings is 1. The van der Waals surface area contributed by atoms with Crippen LogP contribution < -0.4 is 0 Å². The fourth-order valence-electron chi connectivity index (χ4n) is 4.39. The van der Waals surface area contributed by atoms with Crippen LogP contribution in [0.15, 0.2) is 24.3 Å². The molecule has 4 aliphatic rings. The lowest BCUT2D eigenvalue weighted by atomic mass is 9.59. The predicted octanol–water partition coefficient (Wildman–Crippen LogP) is 1.24. The number of carbonyl (C=O) groups is 1. The van der Waals surface area contributed by atoms with Crippen molar-refractivity contribution in [2.45, 2.75) is 12.3 Å². The van der Waals surface area contributed by atoms with Crippen molar-refractivity contribution in [1.82, 2.24) is 9.80 Å². The summed E-state index contributed by atoms with van der Waals surface area (Å²) < 4.78 is 13.1. The summed E-state index contributed by atoms with van der Waals surface area (Å²) in [6, 6.07) is 6.50. The van der Waals surface area contributed by atoms with Gasteiger partial charge in [0.05, 0.1) is 17.5 Å². The average molecular weight is 260 g/mol. The van der Waals surface area contributed by atoms with Crippen LogP contribution in [0, 0.1) is 11.2 Å². The molecule has 0 aromatic heterocycles. The summed E-state index contributed by atoms with van der Waals surface area (Å²) in [7, 11) is 0. The fourth-order valence-corrected chi connectivity index (χ4v) is 4.39. The Kier molecular flexibility index (Phi) is 2.09. The highest BCUT2D eigenvalue weighted by molar-refractivity contribution is 5.97. The molecular formula is C15H17FN2O. The maximum atomic E-state index is 13.1. The first-order chi connectivity index (χ1) is 9.02. The topological polar surface area (TPSA) is 23.6 Å². The molecule has 3 nitrogen and oxygen atoms in total. The zero-order valence-corrected chi connectivity index (χ0v) is 11.0. The molecular weight excluding hydrogens is 243 g/mol. The molecule has 4 heterocycles. The first-order valence-electron chi connectivity index (χ1n) is 6.78. The minimum absolute atomic E-state index is 0.243. The van der Waals surface area contributed by atoms with Gasteiger partial charge in [0.25, 0.3) is 0 Å². The van der Waals surface area contributed by atoms with Crippen molar-refractivity contribution in [2.75, 3.05) is 32.8 Å². The summed E-state index contributed by atoms with van der Waals surface area (Å²) in [4.78, 5) is 17.7. The minimum Gasteiger partial charge on any atom is -0.298 e. The molecule has 0 radical (unpaired) electrons. The minimum atomic E-state index is -0.447. The van der Waals surface area contributed by atoms with Gasteiger partial charge >= 0.3 is 0 Å². The molecule has 4 aliphatic heterocycles. The molecule has 4 bridgehead atoms. The largest absolute Gasteiger partial charge is 0.298 e. The number of Topliss-reactive ketones (excluding diaryl/α,β-unsaturated/α-hetero) is 1. The second-order valence-electron chi connectivity index (χ2n) is 6.59. The number of carbonyl (C=O) groups excluding carboxylic acids is 1. The van der Waals surface area contributed by atoms with Gasteiger partial charge in [-0.15, -0.1) is 0 Å². The SMILES string of the molecule is CC12CN3CN(C1)CC(c1ccc(F)cc1)(C3)C2=O. The number of rotatable bonds is 1. The van der Waals surface area contributed by atoms with Crippen molar-refractivity contribution in [3.05, 3.63) is 35.6 Å². The van der Waals surface area contributed by atoms with Crippen molar-refractivity contribution in [2.24, 2.45) is 5.41 Å². The van der Waals surface area contributed by atoms with E-state index < -0.39 is 5.41 Å². The molecule has 2 unspecified atom stereocenters. The maximum Gasteiger partial charge on any atom is 0.154 e. The van der Waals surface area contributed by atoms with Gasteiger partial charge in [-0.1, -0.05) is 19.1 Å². The highest BCUT2D eigenvalue weighted by atomic mass is 19.1. The third-order valence-electron chi connectivity index (χ3n) is 4.91. The molecule has 1 aromatic rings. The predicted molar refractivity (Wildman–Crippen MR) is 69.2 cm³/mol. The molecule has 19 heavy (non-hydrogen) atoms. The van der Waals surface area contributed by atoms with Gasteiger partial charge in [-0.2, -0.15) is 0 Å². The molecule has 4 fully saturated rings. The lowest BCUT2D eigenvalue weighted by Crippen LogP contribution is -2.77. The second-order valence-corrected chi connectivity index (χ2v) is 6.59. The van der Waals surface area contributed by atoms with E-state index in [9.17, 15) is 9.18 Å². The van der Waals surface area contributed by atoms with Crippen LogP contribution in [-0.4, -0.2) is 48.4 Å². The fraction of sp³-hybridized carbons (Fsp3) is 0.533. The molecule has 0 N–H and O–H groups in total. The summed E-state index contributed by atoms with van der Waals surface area (Å²) in [6.45, 7) is 6.33. The van der Waals surface area contributed by atoms with E-state index >= 15 is 0 Å². The number of piperidine rings is 2. The van der Waals surface area contributed by atoms with E-state index in [1.54, 1.807) is 12.1 Å². The summed E-state index contributed by atoms with van der Waals surface area (Å²) >= 11 is 0. The van der Waals surface area contributed by atoms with Crippen molar-refractivity contribution < 1.29 is 9.18 Å². The highest BCUT2D eigenvalue weighted by Gasteiger charge is 2.61. The smallest absolute Gasteiger partial charge is 0.154 e. The van der Waals surface area contributed by atoms with Crippen LogP contribution in [0.1, 0.15) is 12.5 Å². The molecule has 4 saturated heterocycles. The Morgan fingerprint density at radius 2 is 1.63 bits per heavy atom. The number of nitrogens with zero attached hydrogens (tertiary/aromatic N) is 2. The van der Waals surface area contributed by atoms with E-state index in [1.165, 1.54) is 12.1 Å². The van der Waals surface area contributed by atoms with Crippen LogP contribution in [-0.2, 0) is 10.2 Å². The average Bonchev–Trinajstić information content (AvgIpc) is 2.35. The van der Waals surface area contributed by atoms with Crippen LogP contribution in [0.3, 0.4) is 0 Å². The molecule has 0 aliphatic carbocycles. The van der Waals surface area contributed by atoms with Gasteiger partial charge < -0.3 is 0 Å². The molecule has 0 amide bonds. The highest BCUT2D eigenvalue weighted by Crippen LogP contribution is 2.47. The van der Waals surface area contributed by atoms with Crippen LogP contribution in [0.4, 0.5) is 4.39 Å². The normalized spacial score (nSPS) is 43.8. The van der Waals surface area contributed by atoms with E-state index in [0.29, 0.717) is 5.78 Å². The maximum absolute atomic E-state index is 13.1. The molecule has 4 heteroatoms. The Morgan fingerprint density at radius 3 is 2.21 bits per heavy atom. The number of hydrogen-bond donors (Lipinski definition) is 0. The second kappa shape index (κ2) is 3.44. The summed E-state index contributed by atoms with van der Waals surface area (Å²) in [6.07, 6.45) is 0. The molecule has 0 spiro atoms. The van der Waals surface area contributed by atoms with Gasteiger partial charge in [-0.25, -0.2) is 4.39 Å². The number of hydrogen-bond acceptors (Lipinski definition) is 3. The lowest BCUT2D eigenvalue weighted by Gasteiger charge is -2.62. The molecule has 5 rings (SSSR count). The van der Waals surface area contributed by atoms with E-state index in [2.05, 4.69) is 16.7 Å². The monoisotopic (exact) mass is 260 g/mol. The van der Waals surface area contributed by atoms with Crippen molar-refractivity contribution in [1.29, 1.82) is 0 Å². The van der Waals surface area contributed by atoms with Crippen LogP contribution in [0.5, 0.6) is 0 Å². The molecule has 1 aromatic carbocycles. The summed E-state index contributed by atoms with van der Waals surface area (Å²) in [5.41, 5.74) is 0.264. The van der Waals surface area contributed by atoms with Crippen LogP contribution in [0.25, 0.3) is 0 Å². The number of halogens is 1. The standard InChI is InChI=1S/C15H17FN2O/c1-14-6-17-8-15(13(14)19,9-18(7-14)10-17)11-2-4-12(16)5-3-11/h2-5H,6-10H2,1H3. The van der Waals surface area contributed by atoms with Crippen molar-refractivity contribution in [3.63, 3.8) is 0 Å². The van der Waals surface area contributed by atoms with Gasteiger partial charge in [-0.3, -0.25) is 14.6 Å². The Balaban J connectivity index is 1.85. The summed E-state index contributed by atoms with van der Waals surface area (Å²) in [5, 5.41) is 0. The first kappa shape index (κ1) is 11.6. The van der Waals surface area contributed by atoms with E-state index in [0.717, 1.165) is 38.4 Å². The Hall–Kier alpha value is -1.26. The van der Waals surface area contributed by atoms with Crippen molar-refractivity contribution in [3.8, 4) is 0 Å². The zero-order valence-electron chi connectivity index (χ0n) is 11.0. The third kappa shape index (κ3) is 1.41. The number of ketones is 1. The van der Waals surface area contributed by atoms with Gasteiger partial charge in [-0.05, 0) is 17.7 Å². The Bertz CT molecular complexity index is 540. The summed E-state index contributed by atoms with van der Waals surface area (Å²) in [5.74, 6) is 0.103. The first-order valence-corrected chi connectivity index (χ1v) is 6.78.